The lowest BCUT2D eigenvalue weighted by atomic mass is 9.81. The average molecular weight is 587 g/mol. The van der Waals surface area contributed by atoms with Gasteiger partial charge in [-0.25, -0.2) is 0 Å². The molecule has 2 atom stereocenters. The first-order chi connectivity index (χ1) is 18.6. The molecule has 11 heteroatoms. The van der Waals surface area contributed by atoms with E-state index in [2.05, 4.69) is 36.7 Å². The quantitative estimate of drug-likeness (QED) is 0.110. The lowest BCUT2D eigenvalue weighted by molar-refractivity contribution is -0.141. The van der Waals surface area contributed by atoms with Crippen molar-refractivity contribution >= 4 is 23.8 Å². The van der Waals surface area contributed by atoms with Crippen molar-refractivity contribution in [2.24, 2.45) is 16.6 Å². The van der Waals surface area contributed by atoms with Crippen molar-refractivity contribution in [1.29, 1.82) is 0 Å². The van der Waals surface area contributed by atoms with Gasteiger partial charge in [-0.05, 0) is 78.1 Å². The smallest absolute Gasteiger partial charge is 0.320 e. The summed E-state index contributed by atoms with van der Waals surface area (Å²) >= 11 is 0. The molecular formula is C30H58N4O7. The number of rotatable bonds is 21. The summed E-state index contributed by atoms with van der Waals surface area (Å²) in [6, 6.07) is -1.69. The number of carbonyl (C=O) groups excluding carboxylic acids is 2. The van der Waals surface area contributed by atoms with E-state index < -0.39 is 35.0 Å². The number of carboxylic acids is 2. The number of unbranched alkanes of at least 4 members (excludes halogenated alkanes) is 1. The third kappa shape index (κ3) is 18.7. The molecule has 0 bridgehead atoms. The van der Waals surface area contributed by atoms with E-state index in [0.29, 0.717) is 51.8 Å². The molecule has 2 unspecified atom stereocenters. The van der Waals surface area contributed by atoms with Crippen molar-refractivity contribution in [3.63, 3.8) is 0 Å². The summed E-state index contributed by atoms with van der Waals surface area (Å²) in [6.45, 7) is 19.1. The number of nitrogens with two attached hydrogens (primary N) is 1. The molecule has 7 N–H and O–H groups in total. The minimum atomic E-state index is -1.02. The van der Waals surface area contributed by atoms with Gasteiger partial charge in [0.1, 0.15) is 12.1 Å². The molecule has 0 aliphatic carbocycles. The highest BCUT2D eigenvalue weighted by Gasteiger charge is 2.31. The van der Waals surface area contributed by atoms with Crippen LogP contribution < -0.4 is 21.7 Å². The molecule has 0 aromatic carbocycles. The predicted octanol–water partition coefficient (Wildman–Crippen LogP) is 3.44. The zero-order chi connectivity index (χ0) is 32.1. The van der Waals surface area contributed by atoms with E-state index in [1.165, 1.54) is 0 Å². The number of nitrogens with one attached hydrogen (secondary N) is 3. The van der Waals surface area contributed by atoms with Crippen molar-refractivity contribution in [3.8, 4) is 0 Å². The molecule has 0 heterocycles. The highest BCUT2D eigenvalue weighted by atomic mass is 16.5. The number of hydrogen-bond acceptors (Lipinski definition) is 7. The van der Waals surface area contributed by atoms with Crippen LogP contribution in [0.15, 0.2) is 0 Å². The molecule has 0 aliphatic heterocycles. The predicted molar refractivity (Wildman–Crippen MR) is 160 cm³/mol. The van der Waals surface area contributed by atoms with E-state index in [0.717, 1.165) is 6.42 Å². The Labute approximate surface area is 247 Å². The van der Waals surface area contributed by atoms with Gasteiger partial charge in [0.05, 0.1) is 5.60 Å². The molecule has 240 valence electrons. The summed E-state index contributed by atoms with van der Waals surface area (Å²) in [5.74, 6) is -2.28. The largest absolute Gasteiger partial charge is 0.480 e. The maximum atomic E-state index is 12.6. The maximum absolute atomic E-state index is 12.6. The van der Waals surface area contributed by atoms with E-state index in [1.807, 2.05) is 41.5 Å². The molecule has 0 saturated heterocycles. The molecular weight excluding hydrogens is 528 g/mol. The number of hydrogen-bond donors (Lipinski definition) is 6. The SMILES string of the molecule is CC(C)(C)CC(C)(C)NC(CCC(=O)NCCC(C)(C)OCCC(C)(C)C(=O)NCCCCC(N)C(=O)O)C(=O)O. The Morgan fingerprint density at radius 3 is 1.95 bits per heavy atom. The molecule has 0 saturated carbocycles. The molecule has 0 spiro atoms. The van der Waals surface area contributed by atoms with Crippen LogP contribution in [0.5, 0.6) is 0 Å². The van der Waals surface area contributed by atoms with Gasteiger partial charge in [-0.15, -0.1) is 0 Å². The molecule has 2 amide bonds. The summed E-state index contributed by atoms with van der Waals surface area (Å²) in [5, 5.41) is 27.4. The van der Waals surface area contributed by atoms with Gasteiger partial charge in [-0.1, -0.05) is 34.6 Å². The number of carbonyl (C=O) groups is 4. The first-order valence-electron chi connectivity index (χ1n) is 14.7. The summed E-state index contributed by atoms with van der Waals surface area (Å²) < 4.78 is 6.02. The Balaban J connectivity index is 4.42. The first kappa shape index (κ1) is 38.8. The van der Waals surface area contributed by atoms with E-state index in [9.17, 15) is 24.3 Å². The van der Waals surface area contributed by atoms with Crippen LogP contribution >= 0.6 is 0 Å². The summed E-state index contributed by atoms with van der Waals surface area (Å²) in [4.78, 5) is 47.5. The van der Waals surface area contributed by atoms with Crippen LogP contribution in [0.3, 0.4) is 0 Å². The molecule has 0 rings (SSSR count). The topological polar surface area (TPSA) is 180 Å². The fraction of sp³-hybridized carbons (Fsp3) is 0.867. The van der Waals surface area contributed by atoms with Crippen LogP contribution in [0, 0.1) is 10.8 Å². The van der Waals surface area contributed by atoms with Gasteiger partial charge in [0.15, 0.2) is 0 Å². The lowest BCUT2D eigenvalue weighted by Gasteiger charge is -2.35. The van der Waals surface area contributed by atoms with Crippen molar-refractivity contribution < 1.29 is 34.1 Å². The van der Waals surface area contributed by atoms with Crippen molar-refractivity contribution in [2.75, 3.05) is 19.7 Å². The van der Waals surface area contributed by atoms with Gasteiger partial charge in [-0.3, -0.25) is 24.5 Å². The molecule has 0 aromatic rings. The fourth-order valence-electron chi connectivity index (χ4n) is 4.79. The average Bonchev–Trinajstić information content (AvgIpc) is 2.78. The van der Waals surface area contributed by atoms with Crippen LogP contribution in [0.4, 0.5) is 0 Å². The summed E-state index contributed by atoms with van der Waals surface area (Å²) in [5.41, 5.74) is 3.98. The fourth-order valence-corrected chi connectivity index (χ4v) is 4.79. The van der Waals surface area contributed by atoms with Crippen molar-refractivity contribution in [3.05, 3.63) is 0 Å². The molecule has 0 radical (unpaired) electrons. The molecule has 11 nitrogen and oxygen atoms in total. The summed E-state index contributed by atoms with van der Waals surface area (Å²) in [7, 11) is 0. The third-order valence-electron chi connectivity index (χ3n) is 6.92. The van der Waals surface area contributed by atoms with Crippen molar-refractivity contribution in [2.45, 2.75) is 137 Å². The van der Waals surface area contributed by atoms with Crippen molar-refractivity contribution in [1.82, 2.24) is 16.0 Å². The highest BCUT2D eigenvalue weighted by molar-refractivity contribution is 5.81. The summed E-state index contributed by atoms with van der Waals surface area (Å²) in [6.07, 6.45) is 3.80. The standard InChI is InChI=1S/C30H58N4O7/c1-27(2,3)20-29(6,7)34-22(25(38)39)13-14-23(35)32-18-15-30(8,9)41-19-16-28(4,5)26(40)33-17-11-10-12-21(31)24(36)37/h21-22,34H,10-20,31H2,1-9H3,(H,32,35)(H,33,40)(H,36,37)(H,38,39). The highest BCUT2D eigenvalue weighted by Crippen LogP contribution is 2.27. The molecule has 0 aliphatic rings. The Hall–Kier alpha value is -2.24. The normalized spacial score (nSPS) is 14.3. The van der Waals surface area contributed by atoms with Gasteiger partial charge in [0.25, 0.3) is 0 Å². The number of aliphatic carboxylic acids is 2. The monoisotopic (exact) mass is 586 g/mol. The second kappa shape index (κ2) is 17.0. The number of ether oxygens (including phenoxy) is 1. The van der Waals surface area contributed by atoms with Gasteiger partial charge < -0.3 is 31.3 Å². The van der Waals surface area contributed by atoms with Gasteiger partial charge in [-0.2, -0.15) is 0 Å². The van der Waals surface area contributed by atoms with Crippen LogP contribution in [-0.2, 0) is 23.9 Å². The van der Waals surface area contributed by atoms with Gasteiger partial charge >= 0.3 is 11.9 Å². The molecule has 41 heavy (non-hydrogen) atoms. The van der Waals surface area contributed by atoms with Crippen LogP contribution in [0.1, 0.15) is 114 Å². The Bertz CT molecular complexity index is 850. The minimum Gasteiger partial charge on any atom is -0.480 e. The Morgan fingerprint density at radius 2 is 1.41 bits per heavy atom. The number of carboxylic acid groups (broad SMARTS) is 2. The molecule has 0 aromatic heterocycles. The number of amides is 2. The Kier molecular flexibility index (Phi) is 16.1. The molecule has 0 fully saturated rings. The second-order valence-electron chi connectivity index (χ2n) is 14.2. The maximum Gasteiger partial charge on any atom is 0.320 e. The zero-order valence-electron chi connectivity index (χ0n) is 26.9. The van der Waals surface area contributed by atoms with Gasteiger partial charge in [0.2, 0.25) is 11.8 Å². The Morgan fingerprint density at radius 1 is 0.805 bits per heavy atom. The van der Waals surface area contributed by atoms with Crippen LogP contribution in [-0.4, -0.2) is 76.9 Å². The lowest BCUT2D eigenvalue weighted by Crippen LogP contribution is -2.51. The second-order valence-corrected chi connectivity index (χ2v) is 14.2. The minimum absolute atomic E-state index is 0.0367. The zero-order valence-corrected chi connectivity index (χ0v) is 26.9. The van der Waals surface area contributed by atoms with E-state index in [1.54, 1.807) is 0 Å². The van der Waals surface area contributed by atoms with E-state index in [-0.39, 0.29) is 35.6 Å². The third-order valence-corrected chi connectivity index (χ3v) is 6.92. The van der Waals surface area contributed by atoms with E-state index in [4.69, 9.17) is 15.6 Å². The van der Waals surface area contributed by atoms with Gasteiger partial charge in [0, 0.05) is 37.1 Å². The van der Waals surface area contributed by atoms with Crippen LogP contribution in [0.2, 0.25) is 0 Å². The van der Waals surface area contributed by atoms with E-state index >= 15 is 0 Å². The van der Waals surface area contributed by atoms with Crippen LogP contribution in [0.25, 0.3) is 0 Å². The first-order valence-corrected chi connectivity index (χ1v) is 14.7.